The van der Waals surface area contributed by atoms with Crippen LogP contribution in [0.1, 0.15) is 13.8 Å². The lowest BCUT2D eigenvalue weighted by Gasteiger charge is -2.12. The van der Waals surface area contributed by atoms with Gasteiger partial charge in [-0.05, 0) is 26.0 Å². The molecule has 1 heterocycles. The predicted octanol–water partition coefficient (Wildman–Crippen LogP) is 5.05. The molecule has 0 saturated heterocycles. The van der Waals surface area contributed by atoms with Crippen LogP contribution < -0.4 is 10.6 Å². The second-order valence-electron chi connectivity index (χ2n) is 4.40. The van der Waals surface area contributed by atoms with E-state index in [0.29, 0.717) is 25.1 Å². The minimum Gasteiger partial charge on any atom is -0.360 e. The first-order valence-electron chi connectivity index (χ1n) is 6.60. The molecule has 2 aromatic rings. The molecule has 0 saturated carbocycles. The monoisotopic (exact) mass is 410 g/mol. The summed E-state index contributed by atoms with van der Waals surface area (Å²) in [6.07, 6.45) is 0. The Kier molecular flexibility index (Phi) is 6.79. The second kappa shape index (κ2) is 8.39. The Morgan fingerprint density at radius 1 is 1.26 bits per heavy atom. The largest absolute Gasteiger partial charge is 0.360 e. The van der Waals surface area contributed by atoms with Crippen molar-refractivity contribution in [1.82, 2.24) is 10.2 Å². The summed E-state index contributed by atoms with van der Waals surface area (Å²) >= 11 is 20.6. The number of hydrogen-bond acceptors (Lipinski definition) is 6. The topological polar surface area (TPSA) is 66.9 Å². The Labute approximate surface area is 157 Å². The molecule has 0 fully saturated rings. The molecule has 0 spiro atoms. The van der Waals surface area contributed by atoms with E-state index in [-0.39, 0.29) is 11.2 Å². The number of carbonyl (C=O) groups is 1. The van der Waals surface area contributed by atoms with E-state index in [9.17, 15) is 4.79 Å². The lowest BCUT2D eigenvalue weighted by atomic mass is 10.3. The van der Waals surface area contributed by atoms with Crippen LogP contribution in [0, 0.1) is 0 Å². The van der Waals surface area contributed by atoms with Gasteiger partial charge < -0.3 is 10.6 Å². The molecule has 2 N–H and O–H groups in total. The molecule has 23 heavy (non-hydrogen) atoms. The number of carbonyl (C=O) groups excluding carboxylic acids is 1. The Morgan fingerprint density at radius 2 is 1.96 bits per heavy atom. The first-order chi connectivity index (χ1) is 10.9. The summed E-state index contributed by atoms with van der Waals surface area (Å²) in [4.78, 5) is 12.3. The number of thioether (sulfide) groups is 1. The van der Waals surface area contributed by atoms with Gasteiger partial charge in [-0.25, -0.2) is 0 Å². The zero-order valence-electron chi connectivity index (χ0n) is 12.2. The van der Waals surface area contributed by atoms with Crippen LogP contribution in [0.4, 0.5) is 10.8 Å². The standard InChI is InChI=1S/C13H13Cl3N4OS2/c1-3-17-12-19-20-13(23-12)22-6(2)11(21)18-10-5-8(15)7(14)4-9(10)16/h4-6H,3H2,1-2H3,(H,17,19)(H,18,21)/t6-/m0/s1. The van der Waals surface area contributed by atoms with Crippen LogP contribution >= 0.6 is 57.9 Å². The van der Waals surface area contributed by atoms with Crippen molar-refractivity contribution in [1.29, 1.82) is 0 Å². The van der Waals surface area contributed by atoms with Gasteiger partial charge in [-0.2, -0.15) is 0 Å². The molecular weight excluding hydrogens is 399 g/mol. The van der Waals surface area contributed by atoms with Gasteiger partial charge in [-0.1, -0.05) is 57.9 Å². The average Bonchev–Trinajstić information content (AvgIpc) is 2.92. The van der Waals surface area contributed by atoms with E-state index >= 15 is 0 Å². The van der Waals surface area contributed by atoms with Crippen molar-refractivity contribution in [3.63, 3.8) is 0 Å². The van der Waals surface area contributed by atoms with Crippen LogP contribution in [0.5, 0.6) is 0 Å². The third-order valence-electron chi connectivity index (χ3n) is 2.65. The first kappa shape index (κ1) is 18.6. The number of anilines is 2. The smallest absolute Gasteiger partial charge is 0.237 e. The highest BCUT2D eigenvalue weighted by Gasteiger charge is 2.19. The number of halogens is 3. The van der Waals surface area contributed by atoms with Crippen molar-refractivity contribution in [3.8, 4) is 0 Å². The molecule has 10 heteroatoms. The fourth-order valence-corrected chi connectivity index (χ4v) is 4.10. The predicted molar refractivity (Wildman–Crippen MR) is 99.5 cm³/mol. The molecule has 1 amide bonds. The summed E-state index contributed by atoms with van der Waals surface area (Å²) in [5.74, 6) is -0.213. The summed E-state index contributed by atoms with van der Waals surface area (Å²) in [5, 5.41) is 15.2. The van der Waals surface area contributed by atoms with Crippen molar-refractivity contribution in [2.24, 2.45) is 0 Å². The van der Waals surface area contributed by atoms with E-state index in [1.807, 2.05) is 6.92 Å². The average molecular weight is 412 g/mol. The highest BCUT2D eigenvalue weighted by Crippen LogP contribution is 2.33. The van der Waals surface area contributed by atoms with Gasteiger partial charge >= 0.3 is 0 Å². The van der Waals surface area contributed by atoms with Crippen LogP contribution in [0.3, 0.4) is 0 Å². The zero-order chi connectivity index (χ0) is 17.0. The molecule has 5 nitrogen and oxygen atoms in total. The summed E-state index contributed by atoms with van der Waals surface area (Å²) in [6.45, 7) is 4.52. The van der Waals surface area contributed by atoms with Crippen LogP contribution in [-0.2, 0) is 4.79 Å². The molecule has 0 unspecified atom stereocenters. The van der Waals surface area contributed by atoms with E-state index < -0.39 is 0 Å². The molecule has 2 rings (SSSR count). The highest BCUT2D eigenvalue weighted by atomic mass is 35.5. The van der Waals surface area contributed by atoms with Gasteiger partial charge in [0.05, 0.1) is 26.0 Å². The normalized spacial score (nSPS) is 12.0. The Hall–Kier alpha value is -0.730. The van der Waals surface area contributed by atoms with Crippen molar-refractivity contribution >= 4 is 74.6 Å². The molecule has 0 bridgehead atoms. The Balaban J connectivity index is 2.00. The molecule has 0 aliphatic rings. The highest BCUT2D eigenvalue weighted by molar-refractivity contribution is 8.02. The minimum atomic E-state index is -0.372. The molecule has 1 aromatic carbocycles. The van der Waals surface area contributed by atoms with Crippen LogP contribution in [0.2, 0.25) is 15.1 Å². The molecule has 0 aliphatic heterocycles. The van der Waals surface area contributed by atoms with Gasteiger partial charge in [0, 0.05) is 6.54 Å². The number of nitrogens with one attached hydrogen (secondary N) is 2. The first-order valence-corrected chi connectivity index (χ1v) is 9.43. The molecule has 0 radical (unpaired) electrons. The maximum Gasteiger partial charge on any atom is 0.237 e. The molecule has 1 aromatic heterocycles. The van der Waals surface area contributed by atoms with E-state index in [4.69, 9.17) is 34.8 Å². The van der Waals surface area contributed by atoms with Crippen LogP contribution in [0.15, 0.2) is 16.5 Å². The molecular formula is C13H13Cl3N4OS2. The van der Waals surface area contributed by atoms with Gasteiger partial charge in [-0.3, -0.25) is 4.79 Å². The number of hydrogen-bond donors (Lipinski definition) is 2. The van der Waals surface area contributed by atoms with Gasteiger partial charge in [0.25, 0.3) is 0 Å². The fraction of sp³-hybridized carbons (Fsp3) is 0.308. The number of amides is 1. The van der Waals surface area contributed by atoms with Crippen LogP contribution in [0.25, 0.3) is 0 Å². The minimum absolute atomic E-state index is 0.213. The quantitative estimate of drug-likeness (QED) is 0.514. The number of benzene rings is 1. The Morgan fingerprint density at radius 3 is 2.65 bits per heavy atom. The van der Waals surface area contributed by atoms with Crippen LogP contribution in [-0.4, -0.2) is 27.9 Å². The van der Waals surface area contributed by atoms with E-state index in [1.165, 1.54) is 35.2 Å². The number of nitrogens with zero attached hydrogens (tertiary/aromatic N) is 2. The second-order valence-corrected chi connectivity index (χ2v) is 8.19. The maximum absolute atomic E-state index is 12.3. The third-order valence-corrected chi connectivity index (χ3v) is 5.75. The molecule has 1 atom stereocenters. The number of aromatic nitrogens is 2. The van der Waals surface area contributed by atoms with Gasteiger partial charge in [0.1, 0.15) is 0 Å². The van der Waals surface area contributed by atoms with Gasteiger partial charge in [0.2, 0.25) is 11.0 Å². The summed E-state index contributed by atoms with van der Waals surface area (Å²) in [7, 11) is 0. The van der Waals surface area contributed by atoms with Crippen molar-refractivity contribution in [3.05, 3.63) is 27.2 Å². The Bertz CT molecular complexity index is 711. The summed E-state index contributed by atoms with van der Waals surface area (Å²) in [5.41, 5.74) is 0.420. The SMILES string of the molecule is CCNc1nnc(S[C@@H](C)C(=O)Nc2cc(Cl)c(Cl)cc2Cl)s1. The fourth-order valence-electron chi connectivity index (χ4n) is 1.54. The molecule has 0 aliphatic carbocycles. The van der Waals surface area contributed by atoms with Crippen molar-refractivity contribution in [2.45, 2.75) is 23.4 Å². The maximum atomic E-state index is 12.3. The van der Waals surface area contributed by atoms with E-state index in [2.05, 4.69) is 20.8 Å². The summed E-state index contributed by atoms with van der Waals surface area (Å²) < 4.78 is 0.712. The van der Waals surface area contributed by atoms with E-state index in [0.717, 1.165) is 11.7 Å². The van der Waals surface area contributed by atoms with Crippen molar-refractivity contribution < 1.29 is 4.79 Å². The molecule has 124 valence electrons. The number of rotatable bonds is 6. The van der Waals surface area contributed by atoms with Crippen molar-refractivity contribution in [2.75, 3.05) is 17.2 Å². The summed E-state index contributed by atoms with van der Waals surface area (Å²) in [6, 6.07) is 3.02. The van der Waals surface area contributed by atoms with Gasteiger partial charge in [-0.15, -0.1) is 10.2 Å². The zero-order valence-corrected chi connectivity index (χ0v) is 16.1. The lowest BCUT2D eigenvalue weighted by Crippen LogP contribution is -2.22. The lowest BCUT2D eigenvalue weighted by molar-refractivity contribution is -0.115. The third kappa shape index (κ3) is 5.12. The van der Waals surface area contributed by atoms with E-state index in [1.54, 1.807) is 6.92 Å². The van der Waals surface area contributed by atoms with Gasteiger partial charge in [0.15, 0.2) is 4.34 Å².